The van der Waals surface area contributed by atoms with E-state index in [0.29, 0.717) is 49.4 Å². The molecular formula is C47H56FN7O4. The van der Waals surface area contributed by atoms with E-state index in [0.717, 1.165) is 70.2 Å². The number of nitrogens with one attached hydrogen (secondary N) is 3. The molecule has 0 radical (unpaired) electrons. The van der Waals surface area contributed by atoms with Gasteiger partial charge in [0.15, 0.2) is 5.65 Å². The second kappa shape index (κ2) is 17.4. The number of halogens is 1. The molecule has 1 atom stereocenters. The van der Waals surface area contributed by atoms with Gasteiger partial charge in [0.05, 0.1) is 17.3 Å². The molecule has 0 saturated carbocycles. The summed E-state index contributed by atoms with van der Waals surface area (Å²) in [6.07, 6.45) is 6.13. The zero-order valence-corrected chi connectivity index (χ0v) is 35.0. The smallest absolute Gasteiger partial charge is 0.251 e. The van der Waals surface area contributed by atoms with Crippen molar-refractivity contribution >= 4 is 34.8 Å². The molecule has 0 spiro atoms. The molecule has 2 aliphatic heterocycles. The Morgan fingerprint density at radius 1 is 0.915 bits per heavy atom. The summed E-state index contributed by atoms with van der Waals surface area (Å²) < 4.78 is 22.8. The molecule has 0 aliphatic carbocycles. The van der Waals surface area contributed by atoms with Gasteiger partial charge in [-0.25, -0.2) is 14.1 Å². The molecule has 0 bridgehead atoms. The van der Waals surface area contributed by atoms with E-state index in [2.05, 4.69) is 60.6 Å². The highest BCUT2D eigenvalue weighted by atomic mass is 19.1. The van der Waals surface area contributed by atoms with Gasteiger partial charge >= 0.3 is 0 Å². The molecule has 2 aliphatic rings. The summed E-state index contributed by atoms with van der Waals surface area (Å²) >= 11 is 0. The van der Waals surface area contributed by atoms with Crippen LogP contribution in [0.15, 0.2) is 72.9 Å². The number of likely N-dealkylation sites (tertiary alicyclic amines) is 1. The first-order valence-electron chi connectivity index (χ1n) is 20.8. The van der Waals surface area contributed by atoms with E-state index < -0.39 is 0 Å². The topological polar surface area (TPSA) is 130 Å². The van der Waals surface area contributed by atoms with Crippen LogP contribution in [0.2, 0.25) is 0 Å². The predicted octanol–water partition coefficient (Wildman–Crippen LogP) is 7.85. The van der Waals surface area contributed by atoms with Crippen LogP contribution < -0.4 is 16.0 Å². The third kappa shape index (κ3) is 8.79. The Labute approximate surface area is 346 Å². The lowest BCUT2D eigenvalue weighted by molar-refractivity contribution is -0.113. The van der Waals surface area contributed by atoms with E-state index in [-0.39, 0.29) is 53.8 Å². The molecule has 3 aromatic carbocycles. The molecular weight excluding hydrogens is 746 g/mol. The van der Waals surface area contributed by atoms with Crippen LogP contribution in [0.1, 0.15) is 104 Å². The number of aromatic nitrogens is 3. The van der Waals surface area contributed by atoms with Crippen molar-refractivity contribution in [1.29, 1.82) is 0 Å². The van der Waals surface area contributed by atoms with Gasteiger partial charge in [0.1, 0.15) is 12.1 Å². The molecule has 5 aromatic rings. The summed E-state index contributed by atoms with van der Waals surface area (Å²) in [5.41, 5.74) is 6.70. The van der Waals surface area contributed by atoms with E-state index in [9.17, 15) is 14.4 Å². The summed E-state index contributed by atoms with van der Waals surface area (Å²) in [7, 11) is 0. The van der Waals surface area contributed by atoms with Gasteiger partial charge in [-0.3, -0.25) is 14.5 Å². The number of fused-ring (bicyclic) bond motifs is 1. The molecule has 2 fully saturated rings. The van der Waals surface area contributed by atoms with Crippen LogP contribution >= 0.6 is 0 Å². The van der Waals surface area contributed by atoms with Crippen LogP contribution in [0.25, 0.3) is 22.2 Å². The lowest BCUT2D eigenvalue weighted by Gasteiger charge is -2.41. The minimum absolute atomic E-state index is 0.0703. The highest BCUT2D eigenvalue weighted by molar-refractivity contribution is 6.00. The Kier molecular flexibility index (Phi) is 12.3. The van der Waals surface area contributed by atoms with Crippen LogP contribution in [0.5, 0.6) is 0 Å². The Morgan fingerprint density at radius 3 is 2.31 bits per heavy atom. The number of carbonyl (C=O) groups is 3. The van der Waals surface area contributed by atoms with Crippen LogP contribution in [0, 0.1) is 11.7 Å². The third-order valence-corrected chi connectivity index (χ3v) is 12.3. The van der Waals surface area contributed by atoms with Gasteiger partial charge in [-0.2, -0.15) is 5.10 Å². The minimum atomic E-state index is -0.358. The van der Waals surface area contributed by atoms with E-state index >= 15 is 4.39 Å². The maximum atomic E-state index is 15.4. The van der Waals surface area contributed by atoms with Gasteiger partial charge in [0.2, 0.25) is 0 Å². The van der Waals surface area contributed by atoms with Crippen molar-refractivity contribution in [2.45, 2.75) is 111 Å². The van der Waals surface area contributed by atoms with E-state index in [1.54, 1.807) is 36.4 Å². The van der Waals surface area contributed by atoms with Gasteiger partial charge in [-0.15, -0.1) is 0 Å². The average molecular weight is 802 g/mol. The van der Waals surface area contributed by atoms with Crippen LogP contribution in [-0.2, 0) is 42.1 Å². The molecule has 4 heterocycles. The average Bonchev–Trinajstić information content (AvgIpc) is 3.73. The van der Waals surface area contributed by atoms with Crippen LogP contribution in [0.3, 0.4) is 0 Å². The zero-order chi connectivity index (χ0) is 41.9. The summed E-state index contributed by atoms with van der Waals surface area (Å²) in [4.78, 5) is 46.3. The normalized spacial score (nSPS) is 17.8. The summed E-state index contributed by atoms with van der Waals surface area (Å²) in [6.45, 7) is 15.8. The molecule has 12 heteroatoms. The van der Waals surface area contributed by atoms with Crippen molar-refractivity contribution in [3.63, 3.8) is 0 Å². The molecule has 310 valence electrons. The van der Waals surface area contributed by atoms with E-state index in [1.165, 1.54) is 6.07 Å². The number of anilines is 1. The number of aryl methyl sites for hydroxylation is 2. The SMILES string of the molecule is CCc1nc2c(cnn2CC)c(NC2CCOCC2)c1CNC(=O)c1cccc(C(=O)NCc2ccc(F)c(-c3cccc(CN4C(C)(C)CC(C=O)C4(C)C)c3)c2)c1. The van der Waals surface area contributed by atoms with Gasteiger partial charge in [-0.1, -0.05) is 37.3 Å². The van der Waals surface area contributed by atoms with Crippen LogP contribution in [0.4, 0.5) is 10.1 Å². The Bertz CT molecular complexity index is 2350. The molecule has 7 rings (SSSR count). The lowest BCUT2D eigenvalue weighted by atomic mass is 9.88. The maximum Gasteiger partial charge on any atom is 0.251 e. The Hall–Kier alpha value is -5.46. The van der Waals surface area contributed by atoms with Crippen molar-refractivity contribution in [3.05, 3.63) is 112 Å². The quantitative estimate of drug-likeness (QED) is 0.0969. The van der Waals surface area contributed by atoms with Crippen molar-refractivity contribution in [3.8, 4) is 11.1 Å². The van der Waals surface area contributed by atoms with Crippen molar-refractivity contribution in [2.24, 2.45) is 5.92 Å². The monoisotopic (exact) mass is 801 g/mol. The Balaban J connectivity index is 1.03. The molecule has 2 saturated heterocycles. The number of rotatable bonds is 14. The number of pyridine rings is 1. The largest absolute Gasteiger partial charge is 0.381 e. The van der Waals surface area contributed by atoms with E-state index in [4.69, 9.17) is 9.72 Å². The predicted molar refractivity (Wildman–Crippen MR) is 229 cm³/mol. The minimum Gasteiger partial charge on any atom is -0.381 e. The fourth-order valence-electron chi connectivity index (χ4n) is 8.89. The highest BCUT2D eigenvalue weighted by Crippen LogP contribution is 2.45. The Morgan fingerprint density at radius 2 is 1.63 bits per heavy atom. The molecule has 2 aromatic heterocycles. The van der Waals surface area contributed by atoms with Gasteiger partial charge in [0, 0.05) is 90.4 Å². The first-order valence-corrected chi connectivity index (χ1v) is 20.8. The van der Waals surface area contributed by atoms with Crippen molar-refractivity contribution in [1.82, 2.24) is 30.3 Å². The second-order valence-corrected chi connectivity index (χ2v) is 17.0. The first kappa shape index (κ1) is 41.7. The third-order valence-electron chi connectivity index (χ3n) is 12.3. The second-order valence-electron chi connectivity index (χ2n) is 17.0. The maximum absolute atomic E-state index is 15.4. The van der Waals surface area contributed by atoms with E-state index in [1.807, 2.05) is 42.1 Å². The number of hydrogen-bond acceptors (Lipinski definition) is 8. The van der Waals surface area contributed by atoms with Gasteiger partial charge in [0.25, 0.3) is 11.8 Å². The number of amides is 2. The summed E-state index contributed by atoms with van der Waals surface area (Å²) in [5.74, 6) is -1.09. The molecule has 2 amide bonds. The fraction of sp³-hybridized carbons (Fsp3) is 0.426. The number of hydrogen-bond donors (Lipinski definition) is 3. The number of ether oxygens (including phenoxy) is 1. The highest BCUT2D eigenvalue weighted by Gasteiger charge is 2.51. The fourth-order valence-corrected chi connectivity index (χ4v) is 8.89. The molecule has 11 nitrogen and oxygen atoms in total. The number of aldehydes is 1. The zero-order valence-electron chi connectivity index (χ0n) is 35.0. The molecule has 1 unspecified atom stereocenters. The van der Waals surface area contributed by atoms with Crippen molar-refractivity contribution in [2.75, 3.05) is 18.5 Å². The standard InChI is InChI=1S/C47H56FN7O4/c1-7-41-38(42(52-36-17-19-59-20-18-36)39-27-51-54(8-2)43(39)53-41)26-50-45(58)34-14-10-13-33(23-34)44(57)49-25-30-15-16-40(48)37(22-30)32-12-9-11-31(21-32)28-55-46(3,4)24-35(29-56)47(55,5)6/h9-16,21-23,27,29,35-36H,7-8,17-20,24-26,28H2,1-6H3,(H,49,57)(H,50,58)(H,52,53). The summed E-state index contributed by atoms with van der Waals surface area (Å²) in [5, 5.41) is 15.3. The first-order chi connectivity index (χ1) is 28.3. The van der Waals surface area contributed by atoms with Gasteiger partial charge in [-0.05, 0) is 113 Å². The number of benzene rings is 3. The van der Waals surface area contributed by atoms with Crippen molar-refractivity contribution < 1.29 is 23.5 Å². The molecule has 59 heavy (non-hydrogen) atoms. The molecule has 3 N–H and O–H groups in total. The van der Waals surface area contributed by atoms with Crippen LogP contribution in [-0.4, -0.2) is 68.1 Å². The number of carbonyl (C=O) groups excluding carboxylic acids is 3. The van der Waals surface area contributed by atoms with Gasteiger partial charge < -0.3 is 25.5 Å². The lowest BCUT2D eigenvalue weighted by Crippen LogP contribution is -2.49. The number of nitrogens with zero attached hydrogens (tertiary/aromatic N) is 4. The summed E-state index contributed by atoms with van der Waals surface area (Å²) in [6, 6.07) is 19.6.